The highest BCUT2D eigenvalue weighted by Gasteiger charge is 2.51. The largest absolute Gasteiger partial charge is 0.421 e. The molecule has 1 saturated carbocycles. The molecule has 0 amide bonds. The van der Waals surface area contributed by atoms with Gasteiger partial charge in [0, 0.05) is 44.1 Å². The number of piperazine rings is 1. The summed E-state index contributed by atoms with van der Waals surface area (Å²) >= 11 is 0. The highest BCUT2D eigenvalue weighted by atomic mass is 32.2. The van der Waals surface area contributed by atoms with E-state index in [1.165, 1.54) is 10.7 Å². The summed E-state index contributed by atoms with van der Waals surface area (Å²) in [5.41, 5.74) is -2.32. The molecule has 0 bridgehead atoms. The Balaban J connectivity index is 1.51. The second-order valence-electron chi connectivity index (χ2n) is 9.48. The zero-order valence-electron chi connectivity index (χ0n) is 19.2. The summed E-state index contributed by atoms with van der Waals surface area (Å²) < 4.78 is 67.4. The Morgan fingerprint density at radius 1 is 1.12 bits per heavy atom. The van der Waals surface area contributed by atoms with Gasteiger partial charge in [0.05, 0.1) is 4.90 Å². The maximum atomic E-state index is 13.3. The van der Waals surface area contributed by atoms with Crippen LogP contribution in [0, 0.1) is 5.92 Å². The zero-order chi connectivity index (χ0) is 24.7. The molecule has 34 heavy (non-hydrogen) atoms. The highest BCUT2D eigenvalue weighted by molar-refractivity contribution is 7.89. The number of hydrogen-bond donors (Lipinski definition) is 1. The third-order valence-corrected chi connectivity index (χ3v) is 9.22. The zero-order valence-corrected chi connectivity index (χ0v) is 20.1. The Hall–Kier alpha value is -2.01. The summed E-state index contributed by atoms with van der Waals surface area (Å²) in [6.07, 6.45) is 2.23. The molecule has 2 heterocycles. The van der Waals surface area contributed by atoms with E-state index in [0.717, 1.165) is 42.7 Å². The van der Waals surface area contributed by atoms with E-state index in [1.54, 1.807) is 6.20 Å². The van der Waals surface area contributed by atoms with Crippen molar-refractivity contribution in [1.82, 2.24) is 14.2 Å². The Kier molecular flexibility index (Phi) is 6.80. The highest BCUT2D eigenvalue weighted by Crippen LogP contribution is 2.42. The van der Waals surface area contributed by atoms with Crippen LogP contribution < -0.4 is 0 Å². The third-order valence-electron chi connectivity index (χ3n) is 7.19. The lowest BCUT2D eigenvalue weighted by Crippen LogP contribution is -2.55. The number of hydrogen-bond acceptors (Lipinski definition) is 5. The molecule has 1 aliphatic heterocycles. The normalized spacial score (nSPS) is 23.8. The van der Waals surface area contributed by atoms with Crippen molar-refractivity contribution in [3.05, 3.63) is 59.9 Å². The predicted molar refractivity (Wildman–Crippen MR) is 121 cm³/mol. The SMILES string of the molecule is C[C@@H]1CN(C(c2cccnc2)C2CCC2)CCN1S(=O)(=O)c1ccc(C(C)(O)C(F)(F)F)cc1. The molecule has 2 unspecified atom stereocenters. The van der Waals surface area contributed by atoms with E-state index in [1.807, 2.05) is 19.2 Å². The summed E-state index contributed by atoms with van der Waals surface area (Å²) in [7, 11) is -3.90. The molecule has 4 rings (SSSR count). The lowest BCUT2D eigenvalue weighted by Gasteiger charge is -2.47. The molecule has 6 nitrogen and oxygen atoms in total. The maximum absolute atomic E-state index is 13.3. The monoisotopic (exact) mass is 497 g/mol. The molecule has 1 aliphatic carbocycles. The van der Waals surface area contributed by atoms with Gasteiger partial charge in [-0.05, 0) is 61.9 Å². The molecule has 2 aliphatic rings. The van der Waals surface area contributed by atoms with E-state index >= 15 is 0 Å². The number of pyridine rings is 1. The summed E-state index contributed by atoms with van der Waals surface area (Å²) in [6.45, 7) is 3.90. The van der Waals surface area contributed by atoms with E-state index in [0.29, 0.717) is 25.9 Å². The fourth-order valence-corrected chi connectivity index (χ4v) is 6.53. The van der Waals surface area contributed by atoms with Crippen LogP contribution in [-0.2, 0) is 15.6 Å². The molecule has 2 aromatic rings. The molecule has 3 atom stereocenters. The standard InChI is InChI=1S/C24H30F3N3O3S/c1-17-16-29(22(18-5-3-6-18)19-7-4-12-28-15-19)13-14-30(17)34(32,33)21-10-8-20(9-11-21)23(2,31)24(25,26)27/h4,7-12,15,17-18,22,31H,3,5-6,13-14,16H2,1-2H3/t17-,22?,23?/m1/s1. The molecule has 1 N–H and O–H groups in total. The van der Waals surface area contributed by atoms with Crippen LogP contribution in [0.3, 0.4) is 0 Å². The van der Waals surface area contributed by atoms with Gasteiger partial charge in [-0.2, -0.15) is 17.5 Å². The van der Waals surface area contributed by atoms with Crippen molar-refractivity contribution in [3.8, 4) is 0 Å². The van der Waals surface area contributed by atoms with Gasteiger partial charge in [-0.15, -0.1) is 0 Å². The minimum absolute atomic E-state index is 0.0858. The number of aromatic nitrogens is 1. The van der Waals surface area contributed by atoms with Crippen molar-refractivity contribution in [2.75, 3.05) is 19.6 Å². The van der Waals surface area contributed by atoms with Gasteiger partial charge in [-0.1, -0.05) is 24.6 Å². The van der Waals surface area contributed by atoms with Gasteiger partial charge in [-0.3, -0.25) is 9.88 Å². The van der Waals surface area contributed by atoms with Crippen LogP contribution in [0.25, 0.3) is 0 Å². The number of benzene rings is 1. The van der Waals surface area contributed by atoms with Gasteiger partial charge in [0.15, 0.2) is 5.60 Å². The van der Waals surface area contributed by atoms with E-state index in [9.17, 15) is 26.7 Å². The molecule has 0 spiro atoms. The molecule has 1 aromatic heterocycles. The molecule has 0 radical (unpaired) electrons. The van der Waals surface area contributed by atoms with Crippen molar-refractivity contribution < 1.29 is 26.7 Å². The fourth-order valence-electron chi connectivity index (χ4n) is 4.92. The number of nitrogens with zero attached hydrogens (tertiary/aromatic N) is 3. The van der Waals surface area contributed by atoms with Gasteiger partial charge in [0.2, 0.25) is 10.0 Å². The third kappa shape index (κ3) is 4.60. The number of aliphatic hydroxyl groups is 1. The molecule has 10 heteroatoms. The Labute approximate surface area is 198 Å². The van der Waals surface area contributed by atoms with Gasteiger partial charge in [0.1, 0.15) is 0 Å². The van der Waals surface area contributed by atoms with Crippen molar-refractivity contribution in [2.45, 2.75) is 61.9 Å². The fraction of sp³-hybridized carbons (Fsp3) is 0.542. The first kappa shape index (κ1) is 25.1. The average Bonchev–Trinajstić information content (AvgIpc) is 2.75. The van der Waals surface area contributed by atoms with E-state index in [2.05, 4.69) is 16.0 Å². The van der Waals surface area contributed by atoms with Crippen LogP contribution in [0.4, 0.5) is 13.2 Å². The second-order valence-corrected chi connectivity index (χ2v) is 11.4. The number of sulfonamides is 1. The molecule has 186 valence electrons. The Morgan fingerprint density at radius 2 is 1.79 bits per heavy atom. The molecule has 1 aromatic carbocycles. The first-order valence-electron chi connectivity index (χ1n) is 11.5. The van der Waals surface area contributed by atoms with Crippen LogP contribution in [0.2, 0.25) is 0 Å². The minimum atomic E-state index is -4.87. The first-order valence-corrected chi connectivity index (χ1v) is 12.9. The Morgan fingerprint density at radius 3 is 2.29 bits per heavy atom. The predicted octanol–water partition coefficient (Wildman–Crippen LogP) is 4.09. The number of halogens is 3. The average molecular weight is 498 g/mol. The van der Waals surface area contributed by atoms with Crippen LogP contribution in [0.1, 0.15) is 50.3 Å². The number of rotatable bonds is 6. The summed E-state index contributed by atoms with van der Waals surface area (Å²) in [5.74, 6) is 0.522. The van der Waals surface area contributed by atoms with E-state index < -0.39 is 27.4 Å². The van der Waals surface area contributed by atoms with Gasteiger partial charge < -0.3 is 5.11 Å². The molecule has 1 saturated heterocycles. The lowest BCUT2D eigenvalue weighted by atomic mass is 9.76. The first-order chi connectivity index (χ1) is 15.9. The van der Waals surface area contributed by atoms with E-state index in [4.69, 9.17) is 0 Å². The van der Waals surface area contributed by atoms with E-state index in [-0.39, 0.29) is 23.5 Å². The smallest absolute Gasteiger partial charge is 0.376 e. The van der Waals surface area contributed by atoms with Crippen LogP contribution in [0.5, 0.6) is 0 Å². The summed E-state index contributed by atoms with van der Waals surface area (Å²) in [6, 6.07) is 8.20. The number of alkyl halides is 3. The summed E-state index contributed by atoms with van der Waals surface area (Å²) in [5, 5.41) is 9.86. The minimum Gasteiger partial charge on any atom is -0.376 e. The van der Waals surface area contributed by atoms with Crippen molar-refractivity contribution >= 4 is 10.0 Å². The van der Waals surface area contributed by atoms with Crippen LogP contribution in [-0.4, -0.2) is 59.6 Å². The van der Waals surface area contributed by atoms with Gasteiger partial charge in [0.25, 0.3) is 0 Å². The second kappa shape index (κ2) is 9.22. The van der Waals surface area contributed by atoms with Crippen molar-refractivity contribution in [2.24, 2.45) is 5.92 Å². The lowest BCUT2D eigenvalue weighted by molar-refractivity contribution is -0.258. The molecular weight excluding hydrogens is 467 g/mol. The molecular formula is C24H30F3N3O3S. The van der Waals surface area contributed by atoms with Crippen molar-refractivity contribution in [1.29, 1.82) is 0 Å². The van der Waals surface area contributed by atoms with Gasteiger partial charge in [-0.25, -0.2) is 8.42 Å². The summed E-state index contributed by atoms with van der Waals surface area (Å²) in [4.78, 5) is 6.52. The van der Waals surface area contributed by atoms with Crippen LogP contribution in [0.15, 0.2) is 53.7 Å². The topological polar surface area (TPSA) is 73.7 Å². The van der Waals surface area contributed by atoms with Crippen molar-refractivity contribution in [3.63, 3.8) is 0 Å². The quantitative estimate of drug-likeness (QED) is 0.651. The maximum Gasteiger partial charge on any atom is 0.421 e. The van der Waals surface area contributed by atoms with Crippen LogP contribution >= 0.6 is 0 Å². The molecule has 2 fully saturated rings. The Bertz CT molecular complexity index is 1090. The van der Waals surface area contributed by atoms with Gasteiger partial charge >= 0.3 is 6.18 Å².